The van der Waals surface area contributed by atoms with E-state index in [-0.39, 0.29) is 12.1 Å². The summed E-state index contributed by atoms with van der Waals surface area (Å²) >= 11 is 5.97. The van der Waals surface area contributed by atoms with E-state index in [1.54, 1.807) is 0 Å². The Morgan fingerprint density at radius 1 is 0.811 bits per heavy atom. The van der Waals surface area contributed by atoms with Crippen molar-refractivity contribution in [2.75, 3.05) is 0 Å². The van der Waals surface area contributed by atoms with Gasteiger partial charge in [0.15, 0.2) is 6.10 Å². The SMILES string of the molecule is Cc1ccc(CCCCCCCc2ccc(Cl)cc2)c([C@@H]2O[C@H]2C(=O)Oc2ccc3ccccc3c2)c1. The zero-order valence-corrected chi connectivity index (χ0v) is 22.0. The minimum atomic E-state index is -0.542. The number of aryl methyl sites for hydroxylation is 3. The van der Waals surface area contributed by atoms with Gasteiger partial charge in [0.1, 0.15) is 11.9 Å². The molecule has 0 N–H and O–H groups in total. The van der Waals surface area contributed by atoms with Gasteiger partial charge in [-0.1, -0.05) is 97.1 Å². The van der Waals surface area contributed by atoms with Crippen LogP contribution in [0.5, 0.6) is 5.75 Å². The molecular formula is C33H33ClO3. The summed E-state index contributed by atoms with van der Waals surface area (Å²) < 4.78 is 11.5. The number of benzene rings is 4. The first-order chi connectivity index (χ1) is 18.1. The van der Waals surface area contributed by atoms with Gasteiger partial charge in [-0.2, -0.15) is 0 Å². The molecule has 1 saturated heterocycles. The van der Waals surface area contributed by atoms with Crippen molar-refractivity contribution >= 4 is 28.3 Å². The van der Waals surface area contributed by atoms with Crippen LogP contribution in [0.25, 0.3) is 10.8 Å². The highest BCUT2D eigenvalue weighted by Crippen LogP contribution is 2.42. The summed E-state index contributed by atoms with van der Waals surface area (Å²) in [4.78, 5) is 12.8. The third kappa shape index (κ3) is 6.80. The zero-order chi connectivity index (χ0) is 25.6. The molecule has 5 rings (SSSR count). The smallest absolute Gasteiger partial charge is 0.343 e. The maximum Gasteiger partial charge on any atom is 0.343 e. The van der Waals surface area contributed by atoms with E-state index in [1.807, 2.05) is 54.6 Å². The zero-order valence-electron chi connectivity index (χ0n) is 21.3. The van der Waals surface area contributed by atoms with E-state index in [0.717, 1.165) is 40.6 Å². The molecule has 1 fully saturated rings. The summed E-state index contributed by atoms with van der Waals surface area (Å²) in [5, 5.41) is 2.96. The second-order valence-electron chi connectivity index (χ2n) is 10.0. The molecule has 190 valence electrons. The highest BCUT2D eigenvalue weighted by atomic mass is 35.5. The molecule has 2 atom stereocenters. The maximum absolute atomic E-state index is 12.8. The number of hydrogen-bond acceptors (Lipinski definition) is 3. The number of fused-ring (bicyclic) bond motifs is 1. The molecule has 0 radical (unpaired) electrons. The number of esters is 1. The average Bonchev–Trinajstić information content (AvgIpc) is 3.71. The number of carbonyl (C=O) groups is 1. The van der Waals surface area contributed by atoms with Crippen LogP contribution in [0.4, 0.5) is 0 Å². The lowest BCUT2D eigenvalue weighted by Crippen LogP contribution is -2.16. The van der Waals surface area contributed by atoms with E-state index in [2.05, 4.69) is 37.3 Å². The Hall–Kier alpha value is -3.14. The Morgan fingerprint density at radius 2 is 1.54 bits per heavy atom. The van der Waals surface area contributed by atoms with Crippen LogP contribution >= 0.6 is 11.6 Å². The summed E-state index contributed by atoms with van der Waals surface area (Å²) in [6.45, 7) is 2.08. The van der Waals surface area contributed by atoms with Crippen LogP contribution in [0.3, 0.4) is 0 Å². The second-order valence-corrected chi connectivity index (χ2v) is 10.4. The van der Waals surface area contributed by atoms with Gasteiger partial charge in [-0.25, -0.2) is 4.79 Å². The molecule has 4 aromatic carbocycles. The second kappa shape index (κ2) is 11.9. The first-order valence-electron chi connectivity index (χ1n) is 13.3. The van der Waals surface area contributed by atoms with Crippen LogP contribution in [-0.2, 0) is 22.4 Å². The van der Waals surface area contributed by atoms with E-state index < -0.39 is 6.10 Å². The summed E-state index contributed by atoms with van der Waals surface area (Å²) in [6, 6.07) is 28.4. The third-order valence-electron chi connectivity index (χ3n) is 7.10. The molecule has 0 spiro atoms. The lowest BCUT2D eigenvalue weighted by Gasteiger charge is -2.09. The average molecular weight is 513 g/mol. The van der Waals surface area contributed by atoms with E-state index in [1.165, 1.54) is 42.4 Å². The van der Waals surface area contributed by atoms with Gasteiger partial charge < -0.3 is 9.47 Å². The van der Waals surface area contributed by atoms with Crippen LogP contribution in [0.2, 0.25) is 5.02 Å². The quantitative estimate of drug-likeness (QED) is 0.0873. The Kier molecular flexibility index (Phi) is 8.23. The molecule has 0 aromatic heterocycles. The predicted octanol–water partition coefficient (Wildman–Crippen LogP) is 8.58. The van der Waals surface area contributed by atoms with Gasteiger partial charge in [-0.05, 0) is 84.3 Å². The van der Waals surface area contributed by atoms with Gasteiger partial charge in [-0.3, -0.25) is 0 Å². The van der Waals surface area contributed by atoms with Crippen LogP contribution < -0.4 is 4.74 Å². The van der Waals surface area contributed by atoms with Gasteiger partial charge in [-0.15, -0.1) is 0 Å². The Balaban J connectivity index is 1.10. The van der Waals surface area contributed by atoms with E-state index in [4.69, 9.17) is 21.1 Å². The fourth-order valence-corrected chi connectivity index (χ4v) is 5.09. The van der Waals surface area contributed by atoms with Crippen molar-refractivity contribution in [2.24, 2.45) is 0 Å². The molecule has 37 heavy (non-hydrogen) atoms. The van der Waals surface area contributed by atoms with Gasteiger partial charge in [0, 0.05) is 5.02 Å². The van der Waals surface area contributed by atoms with Crippen LogP contribution in [0.15, 0.2) is 84.9 Å². The number of rotatable bonds is 11. The summed E-state index contributed by atoms with van der Waals surface area (Å²) in [7, 11) is 0. The molecule has 3 nitrogen and oxygen atoms in total. The number of epoxide rings is 1. The normalized spacial score (nSPS) is 16.6. The summed E-state index contributed by atoms with van der Waals surface area (Å²) in [5.41, 5.74) is 4.94. The van der Waals surface area contributed by atoms with Crippen molar-refractivity contribution in [1.29, 1.82) is 0 Å². The molecular weight excluding hydrogens is 480 g/mol. The van der Waals surface area contributed by atoms with Crippen LogP contribution in [0, 0.1) is 6.92 Å². The minimum Gasteiger partial charge on any atom is -0.425 e. The Labute approximate surface area is 224 Å². The first-order valence-corrected chi connectivity index (χ1v) is 13.6. The summed E-state index contributed by atoms with van der Waals surface area (Å²) in [6.07, 6.45) is 7.35. The van der Waals surface area contributed by atoms with Gasteiger partial charge in [0.25, 0.3) is 0 Å². The van der Waals surface area contributed by atoms with Crippen molar-refractivity contribution in [1.82, 2.24) is 0 Å². The van der Waals surface area contributed by atoms with E-state index in [0.29, 0.717) is 5.75 Å². The number of halogens is 1. The summed E-state index contributed by atoms with van der Waals surface area (Å²) in [5.74, 6) is 0.229. The molecule has 0 bridgehead atoms. The predicted molar refractivity (Wildman–Crippen MR) is 150 cm³/mol. The van der Waals surface area contributed by atoms with Crippen molar-refractivity contribution in [3.8, 4) is 5.75 Å². The van der Waals surface area contributed by atoms with Crippen LogP contribution in [-0.4, -0.2) is 12.1 Å². The standard InChI is InChI=1S/C33H33ClO3/c1-23-13-16-26(11-6-4-2-3-5-9-24-14-18-28(34)19-15-24)30(21-23)31-32(37-31)33(35)36-29-20-17-25-10-7-8-12-27(25)22-29/h7-8,10,12-22,31-32H,2-6,9,11H2,1H3/t31-,32+/m0/s1. The monoisotopic (exact) mass is 512 g/mol. The topological polar surface area (TPSA) is 38.8 Å². The van der Waals surface area contributed by atoms with Gasteiger partial charge in [0.2, 0.25) is 0 Å². The lowest BCUT2D eigenvalue weighted by molar-refractivity contribution is -0.135. The molecule has 0 amide bonds. The van der Waals surface area contributed by atoms with Crippen molar-refractivity contribution < 1.29 is 14.3 Å². The maximum atomic E-state index is 12.8. The fourth-order valence-electron chi connectivity index (χ4n) is 4.97. The van der Waals surface area contributed by atoms with Crippen LogP contribution in [0.1, 0.15) is 60.5 Å². The number of carbonyl (C=O) groups excluding carboxylic acids is 1. The lowest BCUT2D eigenvalue weighted by atomic mass is 9.95. The largest absolute Gasteiger partial charge is 0.425 e. The number of ether oxygens (including phenoxy) is 2. The molecule has 0 unspecified atom stereocenters. The number of unbranched alkanes of at least 4 members (excludes halogenated alkanes) is 4. The molecule has 1 aliphatic heterocycles. The van der Waals surface area contributed by atoms with Crippen molar-refractivity contribution in [2.45, 2.75) is 64.1 Å². The fraction of sp³-hybridized carbons (Fsp3) is 0.303. The molecule has 1 aliphatic rings. The van der Waals surface area contributed by atoms with Crippen molar-refractivity contribution in [3.63, 3.8) is 0 Å². The highest BCUT2D eigenvalue weighted by Gasteiger charge is 2.48. The number of hydrogen-bond donors (Lipinski definition) is 0. The molecule has 1 heterocycles. The molecule has 4 aromatic rings. The molecule has 4 heteroatoms. The van der Waals surface area contributed by atoms with Crippen molar-refractivity contribution in [3.05, 3.63) is 112 Å². The van der Waals surface area contributed by atoms with Gasteiger partial charge in [0.05, 0.1) is 0 Å². The molecule has 0 saturated carbocycles. The Morgan fingerprint density at radius 3 is 2.35 bits per heavy atom. The Bertz CT molecular complexity index is 1360. The highest BCUT2D eigenvalue weighted by molar-refractivity contribution is 6.30. The molecule has 0 aliphatic carbocycles. The minimum absolute atomic E-state index is 0.220. The third-order valence-corrected chi connectivity index (χ3v) is 7.35. The van der Waals surface area contributed by atoms with E-state index >= 15 is 0 Å². The van der Waals surface area contributed by atoms with Gasteiger partial charge >= 0.3 is 5.97 Å². The van der Waals surface area contributed by atoms with E-state index in [9.17, 15) is 4.79 Å². The first kappa shape index (κ1) is 25.5.